The molecular formula is C19H17N3O4. The van der Waals surface area contributed by atoms with Crippen molar-refractivity contribution in [2.24, 2.45) is 0 Å². The zero-order valence-corrected chi connectivity index (χ0v) is 13.9. The molecule has 26 heavy (non-hydrogen) atoms. The molecule has 0 spiro atoms. The Morgan fingerprint density at radius 2 is 2.04 bits per heavy atom. The standard InChI is InChI=1S/C19H17N3O4/c23-17-10-20-19(25)22(17)11-12-4-3-6-14(8-12)21-18(24)16-9-13-5-1-2-7-15(13)26-16/h1-8,16H,9-11H2,(H,20,25)(H,21,24). The lowest BCUT2D eigenvalue weighted by atomic mass is 10.1. The Morgan fingerprint density at radius 1 is 1.19 bits per heavy atom. The second-order valence-corrected chi connectivity index (χ2v) is 6.25. The Hall–Kier alpha value is -3.35. The number of amides is 4. The Labute approximate surface area is 149 Å². The average molecular weight is 351 g/mol. The van der Waals surface area contributed by atoms with Gasteiger partial charge in [-0.2, -0.15) is 0 Å². The van der Waals surface area contributed by atoms with Crippen molar-refractivity contribution in [2.75, 3.05) is 11.9 Å². The molecule has 2 aliphatic rings. The maximum Gasteiger partial charge on any atom is 0.324 e. The van der Waals surface area contributed by atoms with Gasteiger partial charge in [-0.05, 0) is 29.3 Å². The Kier molecular flexibility index (Phi) is 4.04. The van der Waals surface area contributed by atoms with Crippen LogP contribution in [0.5, 0.6) is 5.75 Å². The lowest BCUT2D eigenvalue weighted by Gasteiger charge is -2.14. The van der Waals surface area contributed by atoms with Crippen molar-refractivity contribution >= 4 is 23.5 Å². The van der Waals surface area contributed by atoms with Crippen LogP contribution < -0.4 is 15.4 Å². The van der Waals surface area contributed by atoms with Gasteiger partial charge in [0.25, 0.3) is 5.91 Å². The van der Waals surface area contributed by atoms with E-state index in [1.165, 1.54) is 0 Å². The minimum atomic E-state index is -0.568. The van der Waals surface area contributed by atoms with Crippen LogP contribution in [0.25, 0.3) is 0 Å². The van der Waals surface area contributed by atoms with E-state index in [1.54, 1.807) is 24.3 Å². The first-order chi connectivity index (χ1) is 12.6. The number of nitrogens with one attached hydrogen (secondary N) is 2. The summed E-state index contributed by atoms with van der Waals surface area (Å²) in [5.41, 5.74) is 2.36. The highest BCUT2D eigenvalue weighted by molar-refractivity contribution is 6.02. The van der Waals surface area contributed by atoms with E-state index in [4.69, 9.17) is 4.74 Å². The number of fused-ring (bicyclic) bond motifs is 1. The number of carbonyl (C=O) groups excluding carboxylic acids is 3. The molecule has 0 bridgehead atoms. The molecule has 0 saturated carbocycles. The highest BCUT2D eigenvalue weighted by Gasteiger charge is 2.30. The van der Waals surface area contributed by atoms with Crippen LogP contribution in [0.4, 0.5) is 10.5 Å². The number of anilines is 1. The third kappa shape index (κ3) is 3.11. The van der Waals surface area contributed by atoms with Crippen LogP contribution in [0, 0.1) is 0 Å². The fraction of sp³-hybridized carbons (Fsp3) is 0.211. The highest BCUT2D eigenvalue weighted by atomic mass is 16.5. The van der Waals surface area contributed by atoms with E-state index in [2.05, 4.69) is 10.6 Å². The monoisotopic (exact) mass is 351 g/mol. The summed E-state index contributed by atoms with van der Waals surface area (Å²) in [5, 5.41) is 5.32. The molecule has 132 valence electrons. The Morgan fingerprint density at radius 3 is 2.81 bits per heavy atom. The third-order valence-corrected chi connectivity index (χ3v) is 4.41. The Bertz CT molecular complexity index is 855. The molecule has 1 unspecified atom stereocenters. The number of hydrogen-bond acceptors (Lipinski definition) is 4. The highest BCUT2D eigenvalue weighted by Crippen LogP contribution is 2.28. The number of para-hydroxylation sites is 1. The van der Waals surface area contributed by atoms with Crippen molar-refractivity contribution in [3.63, 3.8) is 0 Å². The number of benzene rings is 2. The van der Waals surface area contributed by atoms with Crippen LogP contribution in [0.2, 0.25) is 0 Å². The predicted octanol–water partition coefficient (Wildman–Crippen LogP) is 1.68. The van der Waals surface area contributed by atoms with Gasteiger partial charge in [-0.1, -0.05) is 30.3 Å². The van der Waals surface area contributed by atoms with E-state index in [0.717, 1.165) is 21.8 Å². The van der Waals surface area contributed by atoms with Crippen molar-refractivity contribution in [3.8, 4) is 5.75 Å². The van der Waals surface area contributed by atoms with Crippen LogP contribution >= 0.6 is 0 Å². The molecule has 2 heterocycles. The molecular weight excluding hydrogens is 334 g/mol. The van der Waals surface area contributed by atoms with Gasteiger partial charge in [0, 0.05) is 12.1 Å². The molecule has 1 atom stereocenters. The van der Waals surface area contributed by atoms with Crippen molar-refractivity contribution in [1.29, 1.82) is 0 Å². The van der Waals surface area contributed by atoms with Gasteiger partial charge in [-0.15, -0.1) is 0 Å². The first-order valence-corrected chi connectivity index (χ1v) is 8.33. The number of carbonyl (C=O) groups is 3. The van der Waals surface area contributed by atoms with Crippen LogP contribution in [0.15, 0.2) is 48.5 Å². The molecule has 0 aromatic heterocycles. The van der Waals surface area contributed by atoms with Gasteiger partial charge in [0.2, 0.25) is 5.91 Å². The zero-order valence-electron chi connectivity index (χ0n) is 13.9. The van der Waals surface area contributed by atoms with Crippen molar-refractivity contribution in [3.05, 3.63) is 59.7 Å². The van der Waals surface area contributed by atoms with Crippen molar-refractivity contribution < 1.29 is 19.1 Å². The smallest absolute Gasteiger partial charge is 0.324 e. The summed E-state index contributed by atoms with van der Waals surface area (Å²) in [5.74, 6) is 0.245. The fourth-order valence-electron chi connectivity index (χ4n) is 3.10. The second-order valence-electron chi connectivity index (χ2n) is 6.25. The number of imide groups is 1. The predicted molar refractivity (Wildman–Crippen MR) is 93.6 cm³/mol. The first-order valence-electron chi connectivity index (χ1n) is 8.33. The zero-order chi connectivity index (χ0) is 18.1. The van der Waals surface area contributed by atoms with Crippen LogP contribution in [-0.4, -0.2) is 35.4 Å². The lowest BCUT2D eigenvalue weighted by Crippen LogP contribution is -2.32. The molecule has 0 radical (unpaired) electrons. The topological polar surface area (TPSA) is 87.7 Å². The van der Waals surface area contributed by atoms with Gasteiger partial charge in [-0.25, -0.2) is 4.79 Å². The number of urea groups is 1. The maximum absolute atomic E-state index is 12.5. The average Bonchev–Trinajstić information content (AvgIpc) is 3.21. The minimum Gasteiger partial charge on any atom is -0.480 e. The summed E-state index contributed by atoms with van der Waals surface area (Å²) in [6.07, 6.45) is -0.0357. The molecule has 4 amide bonds. The van der Waals surface area contributed by atoms with Gasteiger partial charge in [0.1, 0.15) is 5.75 Å². The third-order valence-electron chi connectivity index (χ3n) is 4.41. The molecule has 4 rings (SSSR count). The largest absolute Gasteiger partial charge is 0.480 e. The number of rotatable bonds is 4. The van der Waals surface area contributed by atoms with Crippen molar-refractivity contribution in [2.45, 2.75) is 19.1 Å². The van der Waals surface area contributed by atoms with Crippen molar-refractivity contribution in [1.82, 2.24) is 10.2 Å². The number of ether oxygens (including phenoxy) is 1. The number of hydrogen-bond donors (Lipinski definition) is 2. The minimum absolute atomic E-state index is 0.0227. The van der Waals surface area contributed by atoms with E-state index in [0.29, 0.717) is 12.1 Å². The van der Waals surface area contributed by atoms with Gasteiger partial charge in [0.05, 0.1) is 13.1 Å². The molecule has 0 aliphatic carbocycles. The Balaban J connectivity index is 1.42. The molecule has 2 aromatic carbocycles. The second kappa shape index (κ2) is 6.51. The van der Waals surface area contributed by atoms with E-state index in [-0.39, 0.29) is 24.9 Å². The normalized spacial score (nSPS) is 18.3. The van der Waals surface area contributed by atoms with Gasteiger partial charge in [-0.3, -0.25) is 14.5 Å². The van der Waals surface area contributed by atoms with Gasteiger partial charge < -0.3 is 15.4 Å². The summed E-state index contributed by atoms with van der Waals surface area (Å²) in [7, 11) is 0. The molecule has 1 fully saturated rings. The molecule has 7 nitrogen and oxygen atoms in total. The van der Waals surface area contributed by atoms with Crippen LogP contribution in [0.1, 0.15) is 11.1 Å². The summed E-state index contributed by atoms with van der Waals surface area (Å²) < 4.78 is 5.69. The first kappa shape index (κ1) is 16.1. The molecule has 2 N–H and O–H groups in total. The SMILES string of the molecule is O=C(Nc1cccc(CN2C(=O)CNC2=O)c1)C1Cc2ccccc2O1. The summed E-state index contributed by atoms with van der Waals surface area (Å²) in [6.45, 7) is 0.189. The van der Waals surface area contributed by atoms with E-state index in [1.807, 2.05) is 24.3 Å². The van der Waals surface area contributed by atoms with Gasteiger partial charge >= 0.3 is 6.03 Å². The van der Waals surface area contributed by atoms with Gasteiger partial charge in [0.15, 0.2) is 6.10 Å². The summed E-state index contributed by atoms with van der Waals surface area (Å²) in [4.78, 5) is 37.0. The number of nitrogens with zero attached hydrogens (tertiary/aromatic N) is 1. The summed E-state index contributed by atoms with van der Waals surface area (Å²) in [6, 6.07) is 14.3. The van der Waals surface area contributed by atoms with E-state index < -0.39 is 12.1 Å². The fourth-order valence-corrected chi connectivity index (χ4v) is 3.10. The molecule has 1 saturated heterocycles. The maximum atomic E-state index is 12.5. The van der Waals surface area contributed by atoms with E-state index in [9.17, 15) is 14.4 Å². The summed E-state index contributed by atoms with van der Waals surface area (Å²) >= 11 is 0. The molecule has 2 aromatic rings. The quantitative estimate of drug-likeness (QED) is 0.821. The van der Waals surface area contributed by atoms with Crippen LogP contribution in [-0.2, 0) is 22.6 Å². The van der Waals surface area contributed by atoms with Crippen LogP contribution in [0.3, 0.4) is 0 Å². The molecule has 2 aliphatic heterocycles. The lowest BCUT2D eigenvalue weighted by molar-refractivity contribution is -0.125. The molecule has 7 heteroatoms. The van der Waals surface area contributed by atoms with E-state index >= 15 is 0 Å².